The van der Waals surface area contributed by atoms with Crippen LogP contribution in [-0.2, 0) is 16.0 Å². The highest BCUT2D eigenvalue weighted by atomic mass is 16.4. The van der Waals surface area contributed by atoms with Gasteiger partial charge in [-0.2, -0.15) is 0 Å². The van der Waals surface area contributed by atoms with E-state index in [1.165, 1.54) is 17.0 Å². The van der Waals surface area contributed by atoms with Gasteiger partial charge in [0.25, 0.3) is 0 Å². The molecule has 1 saturated heterocycles. The van der Waals surface area contributed by atoms with E-state index in [1.807, 2.05) is 0 Å². The molecule has 2 N–H and O–H groups in total. The predicted octanol–water partition coefficient (Wildman–Crippen LogP) is 1.01. The molecule has 0 saturated carbocycles. The summed E-state index contributed by atoms with van der Waals surface area (Å²) < 4.78 is 0. The lowest BCUT2D eigenvalue weighted by atomic mass is 10.0. The molecule has 2 rings (SSSR count). The van der Waals surface area contributed by atoms with Crippen molar-refractivity contribution in [1.29, 1.82) is 0 Å². The molecule has 1 aromatic rings. The Bertz CT molecular complexity index is 455. The first-order valence-electron chi connectivity index (χ1n) is 5.88. The fourth-order valence-electron chi connectivity index (χ4n) is 2.18. The normalized spacial score (nSPS) is 16.9. The van der Waals surface area contributed by atoms with Crippen LogP contribution < -0.4 is 0 Å². The van der Waals surface area contributed by atoms with Crippen LogP contribution in [0.15, 0.2) is 24.3 Å². The Morgan fingerprint density at radius 3 is 2.50 bits per heavy atom. The second kappa shape index (κ2) is 5.08. The summed E-state index contributed by atoms with van der Waals surface area (Å²) in [4.78, 5) is 24.3. The molecule has 1 heterocycles. The summed E-state index contributed by atoms with van der Waals surface area (Å²) >= 11 is 0. The SMILES string of the molecule is O=C(O)C(Cc1ccc(O)cc1)N1CCCC1=O. The number of carbonyl (C=O) groups excluding carboxylic acids is 1. The number of carboxylic acids is 1. The maximum atomic E-state index is 11.6. The molecular weight excluding hydrogens is 234 g/mol. The van der Waals surface area contributed by atoms with Gasteiger partial charge in [0, 0.05) is 19.4 Å². The Labute approximate surface area is 105 Å². The minimum absolute atomic E-state index is 0.0961. The van der Waals surface area contributed by atoms with Crippen LogP contribution in [0.5, 0.6) is 5.75 Å². The number of aliphatic carboxylic acids is 1. The highest BCUT2D eigenvalue weighted by Gasteiger charge is 2.32. The maximum Gasteiger partial charge on any atom is 0.326 e. The molecule has 1 amide bonds. The second-order valence-corrected chi connectivity index (χ2v) is 4.42. The highest BCUT2D eigenvalue weighted by Crippen LogP contribution is 2.18. The largest absolute Gasteiger partial charge is 0.508 e. The average molecular weight is 249 g/mol. The lowest BCUT2D eigenvalue weighted by Gasteiger charge is -2.24. The van der Waals surface area contributed by atoms with E-state index in [1.54, 1.807) is 12.1 Å². The fourth-order valence-corrected chi connectivity index (χ4v) is 2.18. The van der Waals surface area contributed by atoms with Crippen LogP contribution in [0, 0.1) is 0 Å². The van der Waals surface area contributed by atoms with Crippen LogP contribution in [0.2, 0.25) is 0 Å². The van der Waals surface area contributed by atoms with E-state index in [-0.39, 0.29) is 18.1 Å². The number of phenols is 1. The maximum absolute atomic E-state index is 11.6. The van der Waals surface area contributed by atoms with E-state index in [2.05, 4.69) is 0 Å². The minimum atomic E-state index is -0.988. The van der Waals surface area contributed by atoms with Gasteiger partial charge in [-0.3, -0.25) is 4.79 Å². The molecule has 0 aliphatic carbocycles. The number of nitrogens with zero attached hydrogens (tertiary/aromatic N) is 1. The number of carbonyl (C=O) groups is 2. The molecule has 1 unspecified atom stereocenters. The molecule has 0 aromatic heterocycles. The van der Waals surface area contributed by atoms with Gasteiger partial charge in [0.05, 0.1) is 0 Å². The third kappa shape index (κ3) is 2.61. The van der Waals surface area contributed by atoms with Crippen LogP contribution in [-0.4, -0.2) is 39.6 Å². The van der Waals surface area contributed by atoms with Gasteiger partial charge in [-0.25, -0.2) is 4.79 Å². The Balaban J connectivity index is 2.13. The van der Waals surface area contributed by atoms with Crippen molar-refractivity contribution in [3.8, 4) is 5.75 Å². The summed E-state index contributed by atoms with van der Waals surface area (Å²) in [5, 5.41) is 18.4. The third-order valence-corrected chi connectivity index (χ3v) is 3.14. The molecule has 5 heteroatoms. The van der Waals surface area contributed by atoms with Gasteiger partial charge in [-0.1, -0.05) is 12.1 Å². The molecule has 1 atom stereocenters. The first kappa shape index (κ1) is 12.4. The molecule has 0 radical (unpaired) electrons. The number of likely N-dealkylation sites (tertiary alicyclic amines) is 1. The Morgan fingerprint density at radius 2 is 2.00 bits per heavy atom. The van der Waals surface area contributed by atoms with Gasteiger partial charge in [0.15, 0.2) is 0 Å². The second-order valence-electron chi connectivity index (χ2n) is 4.42. The zero-order chi connectivity index (χ0) is 13.1. The van der Waals surface area contributed by atoms with Gasteiger partial charge in [0.1, 0.15) is 11.8 Å². The molecule has 0 bridgehead atoms. The smallest absolute Gasteiger partial charge is 0.326 e. The van der Waals surface area contributed by atoms with E-state index in [4.69, 9.17) is 0 Å². The average Bonchev–Trinajstić information content (AvgIpc) is 2.74. The van der Waals surface area contributed by atoms with E-state index in [9.17, 15) is 19.8 Å². The minimum Gasteiger partial charge on any atom is -0.508 e. The summed E-state index contributed by atoms with van der Waals surface area (Å²) in [5.41, 5.74) is 0.792. The molecule has 1 aliphatic heterocycles. The van der Waals surface area contributed by atoms with Crippen molar-refractivity contribution in [1.82, 2.24) is 4.90 Å². The summed E-state index contributed by atoms with van der Waals surface area (Å²) in [6.45, 7) is 0.508. The quantitative estimate of drug-likeness (QED) is 0.834. The standard InChI is InChI=1S/C13H15NO4/c15-10-5-3-9(4-6-10)8-11(13(17)18)14-7-1-2-12(14)16/h3-6,11,15H,1-2,7-8H2,(H,17,18). The lowest BCUT2D eigenvalue weighted by Crippen LogP contribution is -2.43. The molecule has 18 heavy (non-hydrogen) atoms. The highest BCUT2D eigenvalue weighted by molar-refractivity contribution is 5.85. The number of aromatic hydroxyl groups is 1. The van der Waals surface area contributed by atoms with Gasteiger partial charge in [-0.15, -0.1) is 0 Å². The van der Waals surface area contributed by atoms with Gasteiger partial charge in [-0.05, 0) is 24.1 Å². The number of amides is 1. The number of phenolic OH excluding ortho intramolecular Hbond substituents is 1. The van der Waals surface area contributed by atoms with E-state index >= 15 is 0 Å². The van der Waals surface area contributed by atoms with E-state index in [0.717, 1.165) is 12.0 Å². The first-order chi connectivity index (χ1) is 8.58. The van der Waals surface area contributed by atoms with Crippen LogP contribution in [0.4, 0.5) is 0 Å². The number of rotatable bonds is 4. The van der Waals surface area contributed by atoms with Crippen molar-refractivity contribution in [3.63, 3.8) is 0 Å². The van der Waals surface area contributed by atoms with Gasteiger partial charge >= 0.3 is 5.97 Å². The summed E-state index contributed by atoms with van der Waals surface area (Å²) in [6, 6.07) is 5.56. The number of hydrogen-bond acceptors (Lipinski definition) is 3. The molecule has 1 aromatic carbocycles. The Kier molecular flexibility index (Phi) is 3.50. The molecular formula is C13H15NO4. The van der Waals surface area contributed by atoms with Crippen LogP contribution in [0.1, 0.15) is 18.4 Å². The molecule has 96 valence electrons. The molecule has 5 nitrogen and oxygen atoms in total. The zero-order valence-corrected chi connectivity index (χ0v) is 9.87. The summed E-state index contributed by atoms with van der Waals surface area (Å²) in [6.07, 6.45) is 1.42. The Hall–Kier alpha value is -2.04. The molecule has 0 spiro atoms. The Morgan fingerprint density at radius 1 is 1.33 bits per heavy atom. The number of benzene rings is 1. The van der Waals surface area contributed by atoms with Crippen LogP contribution >= 0.6 is 0 Å². The van der Waals surface area contributed by atoms with Crippen molar-refractivity contribution < 1.29 is 19.8 Å². The zero-order valence-electron chi connectivity index (χ0n) is 9.87. The molecule has 1 fully saturated rings. The first-order valence-corrected chi connectivity index (χ1v) is 5.88. The number of hydrogen-bond donors (Lipinski definition) is 2. The topological polar surface area (TPSA) is 77.8 Å². The van der Waals surface area contributed by atoms with Crippen molar-refractivity contribution in [3.05, 3.63) is 29.8 Å². The van der Waals surface area contributed by atoms with Crippen LogP contribution in [0.25, 0.3) is 0 Å². The van der Waals surface area contributed by atoms with Crippen molar-refractivity contribution in [2.45, 2.75) is 25.3 Å². The number of carboxylic acid groups (broad SMARTS) is 1. The van der Waals surface area contributed by atoms with Crippen LogP contribution in [0.3, 0.4) is 0 Å². The van der Waals surface area contributed by atoms with Crippen molar-refractivity contribution in [2.24, 2.45) is 0 Å². The van der Waals surface area contributed by atoms with Crippen molar-refractivity contribution >= 4 is 11.9 Å². The summed E-state index contributed by atoms with van der Waals surface area (Å²) in [5.74, 6) is -0.942. The van der Waals surface area contributed by atoms with E-state index in [0.29, 0.717) is 13.0 Å². The lowest BCUT2D eigenvalue weighted by molar-refractivity contribution is -0.148. The van der Waals surface area contributed by atoms with E-state index < -0.39 is 12.0 Å². The van der Waals surface area contributed by atoms with Crippen molar-refractivity contribution in [2.75, 3.05) is 6.54 Å². The van der Waals surface area contributed by atoms with Gasteiger partial charge < -0.3 is 15.1 Å². The predicted molar refractivity (Wildman–Crippen MR) is 64.2 cm³/mol. The fraction of sp³-hybridized carbons (Fsp3) is 0.385. The summed E-state index contributed by atoms with van der Waals surface area (Å²) in [7, 11) is 0. The third-order valence-electron chi connectivity index (χ3n) is 3.14. The van der Waals surface area contributed by atoms with Gasteiger partial charge in [0.2, 0.25) is 5.91 Å². The monoisotopic (exact) mass is 249 g/mol. The molecule has 1 aliphatic rings.